The molecule has 0 atom stereocenters. The van der Waals surface area contributed by atoms with Gasteiger partial charge in [0.05, 0.1) is 21.5 Å². The molecule has 4 rings (SSSR count). The molecule has 0 radical (unpaired) electrons. The van der Waals surface area contributed by atoms with Gasteiger partial charge in [0.1, 0.15) is 0 Å². The summed E-state index contributed by atoms with van der Waals surface area (Å²) in [7, 11) is 0. The van der Waals surface area contributed by atoms with E-state index in [1.807, 2.05) is 19.9 Å². The van der Waals surface area contributed by atoms with Crippen molar-refractivity contribution in [1.29, 1.82) is 0 Å². The maximum atomic E-state index is 12.9. The molecule has 0 bridgehead atoms. The third-order valence-electron chi connectivity index (χ3n) is 5.04. The van der Waals surface area contributed by atoms with Crippen molar-refractivity contribution in [3.8, 4) is 5.69 Å². The van der Waals surface area contributed by atoms with E-state index in [9.17, 15) is 9.59 Å². The lowest BCUT2D eigenvalue weighted by Gasteiger charge is -2.13. The molecule has 158 valence electrons. The first-order valence-electron chi connectivity index (χ1n) is 9.39. The minimum absolute atomic E-state index is 0.153. The SMILES string of the molecule is Cc1cc(/C=C2\SC(=O)N(Cc3ccc(Cl)c(Cl)c3)C2=O)c(C)n1-c1ccc(I)cc1. The number of imide groups is 1. The highest BCUT2D eigenvalue weighted by Gasteiger charge is 2.35. The largest absolute Gasteiger partial charge is 0.318 e. The van der Waals surface area contributed by atoms with Crippen molar-refractivity contribution >= 4 is 74.8 Å². The highest BCUT2D eigenvalue weighted by molar-refractivity contribution is 14.1. The molecule has 0 saturated carbocycles. The van der Waals surface area contributed by atoms with Crippen LogP contribution < -0.4 is 0 Å². The molecule has 1 aliphatic rings. The highest BCUT2D eigenvalue weighted by atomic mass is 127. The average molecular weight is 583 g/mol. The summed E-state index contributed by atoms with van der Waals surface area (Å²) in [6, 6.07) is 15.4. The van der Waals surface area contributed by atoms with E-state index >= 15 is 0 Å². The zero-order valence-corrected chi connectivity index (χ0v) is 21.1. The number of aryl methyl sites for hydroxylation is 1. The van der Waals surface area contributed by atoms with Crippen LogP contribution in [0.15, 0.2) is 53.4 Å². The molecule has 2 heterocycles. The first-order valence-corrected chi connectivity index (χ1v) is 12.0. The van der Waals surface area contributed by atoms with Gasteiger partial charge < -0.3 is 4.57 Å². The number of carbonyl (C=O) groups excluding carboxylic acids is 2. The normalized spacial score (nSPS) is 15.4. The molecule has 1 aliphatic heterocycles. The highest BCUT2D eigenvalue weighted by Crippen LogP contribution is 2.35. The zero-order valence-electron chi connectivity index (χ0n) is 16.7. The Morgan fingerprint density at radius 1 is 1.00 bits per heavy atom. The van der Waals surface area contributed by atoms with Crippen LogP contribution in [0, 0.1) is 17.4 Å². The Balaban J connectivity index is 1.61. The lowest BCUT2D eigenvalue weighted by molar-refractivity contribution is -0.123. The molecule has 0 N–H and O–H groups in total. The fourth-order valence-electron chi connectivity index (χ4n) is 3.52. The van der Waals surface area contributed by atoms with E-state index in [0.717, 1.165) is 40.0 Å². The van der Waals surface area contributed by atoms with Crippen LogP contribution in [-0.4, -0.2) is 20.6 Å². The number of hydrogen-bond donors (Lipinski definition) is 0. The molecular formula is C23H17Cl2IN2O2S. The third-order valence-corrected chi connectivity index (χ3v) is 7.41. The summed E-state index contributed by atoms with van der Waals surface area (Å²) >= 11 is 15.2. The van der Waals surface area contributed by atoms with Crippen LogP contribution in [0.3, 0.4) is 0 Å². The molecule has 8 heteroatoms. The van der Waals surface area contributed by atoms with Gasteiger partial charge in [0.25, 0.3) is 11.1 Å². The van der Waals surface area contributed by atoms with Gasteiger partial charge in [0.2, 0.25) is 0 Å². The molecule has 0 unspecified atom stereocenters. The molecule has 1 saturated heterocycles. The molecule has 2 aromatic carbocycles. The Morgan fingerprint density at radius 2 is 1.71 bits per heavy atom. The number of benzene rings is 2. The smallest absolute Gasteiger partial charge is 0.293 e. The number of nitrogens with zero attached hydrogens (tertiary/aromatic N) is 2. The second-order valence-electron chi connectivity index (χ2n) is 7.15. The van der Waals surface area contributed by atoms with Crippen LogP contribution >= 0.6 is 57.6 Å². The van der Waals surface area contributed by atoms with E-state index in [2.05, 4.69) is 51.4 Å². The predicted octanol–water partition coefficient (Wildman–Crippen LogP) is 7.24. The quantitative estimate of drug-likeness (QED) is 0.240. The molecular weight excluding hydrogens is 566 g/mol. The Labute approximate surface area is 208 Å². The summed E-state index contributed by atoms with van der Waals surface area (Å²) in [6.45, 7) is 4.19. The van der Waals surface area contributed by atoms with Crippen LogP contribution in [0.1, 0.15) is 22.5 Å². The van der Waals surface area contributed by atoms with Crippen molar-refractivity contribution in [3.05, 3.63) is 89.6 Å². The Hall–Kier alpha value is -1.74. The van der Waals surface area contributed by atoms with Crippen molar-refractivity contribution in [3.63, 3.8) is 0 Å². The number of amides is 2. The van der Waals surface area contributed by atoms with Gasteiger partial charge in [0, 0.05) is 20.6 Å². The average Bonchev–Trinajstić information content (AvgIpc) is 3.15. The number of hydrogen-bond acceptors (Lipinski definition) is 3. The summed E-state index contributed by atoms with van der Waals surface area (Å²) < 4.78 is 3.31. The van der Waals surface area contributed by atoms with Gasteiger partial charge in [-0.3, -0.25) is 14.5 Å². The molecule has 1 aromatic heterocycles. The van der Waals surface area contributed by atoms with Crippen molar-refractivity contribution < 1.29 is 9.59 Å². The van der Waals surface area contributed by atoms with Crippen LogP contribution in [-0.2, 0) is 11.3 Å². The minimum Gasteiger partial charge on any atom is -0.318 e. The topological polar surface area (TPSA) is 42.3 Å². The van der Waals surface area contributed by atoms with E-state index in [0.29, 0.717) is 15.0 Å². The second kappa shape index (κ2) is 9.02. The summed E-state index contributed by atoms with van der Waals surface area (Å²) in [5, 5.41) is 0.529. The minimum atomic E-state index is -0.305. The monoisotopic (exact) mass is 582 g/mol. The number of thioether (sulfide) groups is 1. The van der Waals surface area contributed by atoms with Gasteiger partial charge >= 0.3 is 0 Å². The van der Waals surface area contributed by atoms with Crippen molar-refractivity contribution in [1.82, 2.24) is 9.47 Å². The summed E-state index contributed by atoms with van der Waals surface area (Å²) in [4.78, 5) is 27.1. The Bertz CT molecular complexity index is 1240. The molecule has 2 amide bonds. The van der Waals surface area contributed by atoms with Gasteiger partial charge in [0.15, 0.2) is 0 Å². The van der Waals surface area contributed by atoms with Gasteiger partial charge in [-0.1, -0.05) is 29.3 Å². The number of carbonyl (C=O) groups is 2. The van der Waals surface area contributed by atoms with Crippen LogP contribution in [0.5, 0.6) is 0 Å². The summed E-state index contributed by atoms with van der Waals surface area (Å²) in [5.41, 5.74) is 4.78. The molecule has 0 spiro atoms. The second-order valence-corrected chi connectivity index (χ2v) is 10.2. The van der Waals surface area contributed by atoms with Crippen LogP contribution in [0.25, 0.3) is 11.8 Å². The lowest BCUT2D eigenvalue weighted by Crippen LogP contribution is -2.27. The lowest BCUT2D eigenvalue weighted by atomic mass is 10.2. The molecule has 0 aliphatic carbocycles. The fraction of sp³-hybridized carbons (Fsp3) is 0.130. The first kappa shape index (κ1) is 22.5. The van der Waals surface area contributed by atoms with E-state index in [-0.39, 0.29) is 17.7 Å². The van der Waals surface area contributed by atoms with Gasteiger partial charge in [-0.15, -0.1) is 0 Å². The van der Waals surface area contributed by atoms with Crippen molar-refractivity contribution in [2.24, 2.45) is 0 Å². The van der Waals surface area contributed by atoms with E-state index in [1.165, 1.54) is 8.47 Å². The standard InChI is InChI=1S/C23H17Cl2IN2O2S/c1-13-9-16(14(2)28(13)18-6-4-17(26)5-7-18)11-21-22(29)27(23(30)31-21)12-15-3-8-19(24)20(25)10-15/h3-11H,12H2,1-2H3/b21-11-. The Kier molecular flexibility index (Phi) is 6.53. The fourth-order valence-corrected chi connectivity index (χ4v) is 5.03. The number of halogens is 3. The van der Waals surface area contributed by atoms with Crippen LogP contribution in [0.2, 0.25) is 10.0 Å². The van der Waals surface area contributed by atoms with Gasteiger partial charge in [-0.25, -0.2) is 0 Å². The summed E-state index contributed by atoms with van der Waals surface area (Å²) in [6.07, 6.45) is 1.80. The number of aromatic nitrogens is 1. The molecule has 1 fully saturated rings. The first-order chi connectivity index (χ1) is 14.7. The molecule has 31 heavy (non-hydrogen) atoms. The summed E-state index contributed by atoms with van der Waals surface area (Å²) in [5.74, 6) is -0.305. The van der Waals surface area contributed by atoms with Crippen LogP contribution in [0.4, 0.5) is 4.79 Å². The maximum Gasteiger partial charge on any atom is 0.293 e. The van der Waals surface area contributed by atoms with E-state index in [1.54, 1.807) is 24.3 Å². The molecule has 3 aromatic rings. The van der Waals surface area contributed by atoms with Gasteiger partial charge in [-0.05, 0) is 108 Å². The predicted molar refractivity (Wildman–Crippen MR) is 136 cm³/mol. The maximum absolute atomic E-state index is 12.9. The zero-order chi connectivity index (χ0) is 22.3. The van der Waals surface area contributed by atoms with Crippen molar-refractivity contribution in [2.45, 2.75) is 20.4 Å². The van der Waals surface area contributed by atoms with Crippen molar-refractivity contribution in [2.75, 3.05) is 0 Å². The molecule has 4 nitrogen and oxygen atoms in total. The third kappa shape index (κ3) is 4.58. The Morgan fingerprint density at radius 3 is 2.39 bits per heavy atom. The van der Waals surface area contributed by atoms with E-state index < -0.39 is 0 Å². The van der Waals surface area contributed by atoms with Gasteiger partial charge in [-0.2, -0.15) is 0 Å². The number of rotatable bonds is 4. The van der Waals surface area contributed by atoms with E-state index in [4.69, 9.17) is 23.2 Å².